The molecule has 1 aliphatic heterocycles. The van der Waals surface area contributed by atoms with E-state index in [1.54, 1.807) is 0 Å². The summed E-state index contributed by atoms with van der Waals surface area (Å²) in [4.78, 5) is 28.2. The fourth-order valence-electron chi connectivity index (χ4n) is 4.18. The number of piperidine rings is 1. The van der Waals surface area contributed by atoms with Crippen LogP contribution in [0.15, 0.2) is 100 Å². The molecule has 0 bridgehead atoms. The van der Waals surface area contributed by atoms with Crippen molar-refractivity contribution >= 4 is 28.6 Å². The maximum Gasteiger partial charge on any atom is 0.416 e. The van der Waals surface area contributed by atoms with Gasteiger partial charge in [-0.1, -0.05) is 54.4 Å². The van der Waals surface area contributed by atoms with Gasteiger partial charge in [0.2, 0.25) is 5.91 Å². The summed E-state index contributed by atoms with van der Waals surface area (Å²) in [5.41, 5.74) is -12.4. The highest BCUT2D eigenvalue weighted by molar-refractivity contribution is 7.98. The van der Waals surface area contributed by atoms with Gasteiger partial charge in [0, 0.05) is 75.6 Å². The minimum atomic E-state index is -5.58. The van der Waals surface area contributed by atoms with Crippen LogP contribution in [0.2, 0.25) is 0 Å². The second kappa shape index (κ2) is 16.7. The van der Waals surface area contributed by atoms with Gasteiger partial charge in [0.25, 0.3) is 0 Å². The topological polar surface area (TPSA) is 54.8 Å². The van der Waals surface area contributed by atoms with Crippen LogP contribution in [0, 0.1) is 18.6 Å². The molecule has 0 spiro atoms. The van der Waals surface area contributed by atoms with E-state index in [-0.39, 0.29) is 16.3 Å². The number of benzene rings is 4. The standard InChI is InChI=1S/C41H40F5N3O3S/c1-27-22-29(28-12-14-32(15-13-28)41(44,45)46)10-11-30(27)24-48(33-16-18-47(19-17-33)20-21-52-2)38(51)25-49-36-9-4-3-7-34(36)37(50)23-39(49)53-26-31-6-5-8-35(42)40(31)43/h3-15,22-23,33H,16-21,24-26H2,1-2H3/i3D,4D,5D,6D,7D,8D,9D,10D,11D,12D,13D,14D,15D,16D2,17D2,18D2,19D2,20D2,22D,23D,24D2,25D2,33D. The van der Waals surface area contributed by atoms with Crippen molar-refractivity contribution in [3.8, 4) is 11.1 Å². The Kier molecular flexibility index (Phi) is 4.93. The second-order valence-corrected chi connectivity index (χ2v) is 11.2. The van der Waals surface area contributed by atoms with Crippen LogP contribution < -0.4 is 5.43 Å². The van der Waals surface area contributed by atoms with Crippen LogP contribution in [0.3, 0.4) is 0 Å². The summed E-state index contributed by atoms with van der Waals surface area (Å²) < 4.78 is 343. The lowest BCUT2D eigenvalue weighted by Crippen LogP contribution is -2.48. The average molecular weight is 780 g/mol. The van der Waals surface area contributed by atoms with Crippen LogP contribution in [-0.2, 0) is 34.5 Å². The van der Waals surface area contributed by atoms with Crippen molar-refractivity contribution in [2.24, 2.45) is 0 Å². The first-order valence-electron chi connectivity index (χ1n) is 29.5. The van der Waals surface area contributed by atoms with Gasteiger partial charge in [0.05, 0.1) is 50.1 Å². The van der Waals surface area contributed by atoms with E-state index < -0.39 is 243 Å². The third-order valence-electron chi connectivity index (χ3n) is 6.69. The number of alkyl halides is 3. The first kappa shape index (κ1) is 15.7. The van der Waals surface area contributed by atoms with Crippen LogP contribution in [0.4, 0.5) is 22.0 Å². The molecule has 278 valence electrons. The van der Waals surface area contributed by atoms with E-state index in [2.05, 4.69) is 0 Å². The number of nitrogens with zero attached hydrogens (tertiary/aromatic N) is 3. The largest absolute Gasteiger partial charge is 0.416 e. The molecule has 0 radical (unpaired) electrons. The number of thioether (sulfide) groups is 1. The van der Waals surface area contributed by atoms with Crippen molar-refractivity contribution in [1.29, 1.82) is 0 Å². The van der Waals surface area contributed by atoms with Gasteiger partial charge in [-0.25, -0.2) is 8.78 Å². The van der Waals surface area contributed by atoms with Crippen LogP contribution in [0.25, 0.3) is 22.0 Å². The lowest BCUT2D eigenvalue weighted by Gasteiger charge is -2.39. The molecule has 12 heteroatoms. The van der Waals surface area contributed by atoms with Crippen molar-refractivity contribution in [2.75, 3.05) is 33.2 Å². The van der Waals surface area contributed by atoms with Gasteiger partial charge in [0.1, 0.15) is 6.50 Å². The first-order valence-corrected chi connectivity index (χ1v) is 15.5. The van der Waals surface area contributed by atoms with Crippen molar-refractivity contribution < 1.29 is 72.6 Å². The minimum absolute atomic E-state index is 0.280. The molecule has 1 aromatic heterocycles. The second-order valence-electron chi connectivity index (χ2n) is 10.2. The predicted molar refractivity (Wildman–Crippen MR) is 198 cm³/mol. The number of carbonyl (C=O) groups excluding carboxylic acids is 1. The summed E-state index contributed by atoms with van der Waals surface area (Å²) in [7, 11) is 0.761. The number of rotatable bonds is 12. The van der Waals surface area contributed by atoms with E-state index in [1.165, 1.54) is 0 Å². The number of methoxy groups -OCH3 is 1. The number of halogens is 5. The molecular formula is C41H40F5N3O3S. The van der Waals surface area contributed by atoms with Crippen molar-refractivity contribution in [1.82, 2.24) is 14.4 Å². The van der Waals surface area contributed by atoms with E-state index in [0.29, 0.717) is 6.92 Å². The molecule has 53 heavy (non-hydrogen) atoms. The Morgan fingerprint density at radius 3 is 2.43 bits per heavy atom. The summed E-state index contributed by atoms with van der Waals surface area (Å²) >= 11 is -0.280. The highest BCUT2D eigenvalue weighted by Crippen LogP contribution is 2.32. The molecule has 1 aliphatic rings. The lowest BCUT2D eigenvalue weighted by molar-refractivity contribution is -0.137. The van der Waals surface area contributed by atoms with Crippen LogP contribution in [-0.4, -0.2) is 59.5 Å². The summed E-state index contributed by atoms with van der Waals surface area (Å²) in [6, 6.07) is -28.5. The number of fused-ring (bicyclic) bond motifs is 1. The van der Waals surface area contributed by atoms with Gasteiger partial charge < -0.3 is 19.1 Å². The zero-order valence-corrected chi connectivity index (χ0v) is 27.6. The lowest BCUT2D eigenvalue weighted by atomic mass is 9.97. The van der Waals surface area contributed by atoms with Gasteiger partial charge >= 0.3 is 6.18 Å². The smallest absolute Gasteiger partial charge is 0.383 e. The predicted octanol–water partition coefficient (Wildman–Crippen LogP) is 8.71. The summed E-state index contributed by atoms with van der Waals surface area (Å²) in [6.45, 7) is -23.7. The highest BCUT2D eigenvalue weighted by Gasteiger charge is 2.31. The molecule has 0 atom stereocenters. The average Bonchev–Trinajstić information content (AvgIpc) is 0.807. The van der Waals surface area contributed by atoms with Gasteiger partial charge in [-0.3, -0.25) is 9.59 Å². The number of ether oxygens (including phenoxy) is 1. The minimum Gasteiger partial charge on any atom is -0.383 e. The molecular weight excluding hydrogens is 710 g/mol. The number of para-hydroxylation sites is 1. The number of likely N-dealkylation sites (tertiary alicyclic amines) is 1. The Morgan fingerprint density at radius 2 is 1.72 bits per heavy atom. The molecule has 6 nitrogen and oxygen atoms in total. The molecule has 6 rings (SSSR count). The number of aromatic nitrogens is 1. The molecule has 2 heterocycles. The van der Waals surface area contributed by atoms with Gasteiger partial charge in [0.15, 0.2) is 17.1 Å². The summed E-state index contributed by atoms with van der Waals surface area (Å²) in [6.07, 6.45) is -15.6. The zero-order valence-electron chi connectivity index (χ0n) is 56.8. The van der Waals surface area contributed by atoms with E-state index in [4.69, 9.17) is 33.5 Å². The monoisotopic (exact) mass is 779 g/mol. The van der Waals surface area contributed by atoms with Crippen LogP contribution in [0.5, 0.6) is 0 Å². The van der Waals surface area contributed by atoms with E-state index in [0.717, 1.165) is 7.11 Å². The van der Waals surface area contributed by atoms with Gasteiger partial charge in [-0.2, -0.15) is 13.2 Å². The molecule has 1 fully saturated rings. The van der Waals surface area contributed by atoms with Gasteiger partial charge in [-0.05, 0) is 72.1 Å². The molecule has 1 amide bonds. The summed E-state index contributed by atoms with van der Waals surface area (Å²) in [5.74, 6) is -8.57. The SMILES string of the molecule is [2H]c1c([2H])c(F)c(F)c(CSc2c([2H])c(=O)c3c([2H])c([2H])c([2H])c([2H])c3n2C([2H])([2H])C(=O)N(C([2H])([2H])c2c([2H])c([2H])c(-c3c([2H])c([2H])c(C(F)(F)F)c([2H])c3[2H])c([2H])c2C)C2([2H])C([2H])([2H])C([2H])([2H])N(C([2H])([2H])COC)C([2H])([2H])C2([2H])[2H])c1[2H]. The van der Waals surface area contributed by atoms with Crippen molar-refractivity contribution in [2.45, 2.75) is 55.6 Å². The summed E-state index contributed by atoms with van der Waals surface area (Å²) in [5, 5.41) is -2.92. The highest BCUT2D eigenvalue weighted by atomic mass is 32.2. The van der Waals surface area contributed by atoms with Crippen molar-refractivity contribution in [3.63, 3.8) is 0 Å². The Morgan fingerprint density at radius 1 is 1.00 bits per heavy atom. The zero-order chi connectivity index (χ0) is 64.2. The Labute approximate surface area is 351 Å². The third-order valence-corrected chi connectivity index (χ3v) is 7.68. The maximum absolute atomic E-state index is 16.1. The van der Waals surface area contributed by atoms with Crippen LogP contribution >= 0.6 is 11.8 Å². The molecule has 1 saturated heterocycles. The maximum atomic E-state index is 16.1. The number of pyridine rings is 1. The first-order chi connectivity index (χ1) is 37.4. The molecule has 0 saturated carbocycles. The van der Waals surface area contributed by atoms with E-state index in [1.807, 2.05) is 0 Å². The van der Waals surface area contributed by atoms with Gasteiger partial charge in [-0.15, -0.1) is 11.8 Å². The van der Waals surface area contributed by atoms with Crippen LogP contribution in [0.1, 0.15) is 76.1 Å². The molecule has 5 aromatic rings. The quantitative estimate of drug-likeness (QED) is 0.0938. The number of carbonyl (C=O) groups is 1. The number of hydrogen-bond donors (Lipinski definition) is 0. The Hall–Kier alpha value is -4.52. The normalized spacial score (nSPS) is 27.5. The molecule has 0 aliphatic carbocycles. The molecule has 0 unspecified atom stereocenters. The van der Waals surface area contributed by atoms with Crippen molar-refractivity contribution in [3.05, 3.63) is 135 Å². The fraction of sp³-hybridized carbons (Fsp3) is 0.317. The molecule has 4 aromatic carbocycles. The Balaban J connectivity index is 1.86. The van der Waals surface area contributed by atoms with E-state index >= 15 is 9.18 Å². The number of amides is 1. The molecule has 0 N–H and O–H groups in total. The Bertz CT molecular complexity index is 3560. The van der Waals surface area contributed by atoms with E-state index in [9.17, 15) is 34.7 Å². The number of hydrogen-bond acceptors (Lipinski definition) is 5. The fourth-order valence-corrected chi connectivity index (χ4v) is 5.10. The third kappa shape index (κ3) is 9.00.